The molecule has 1 amide bonds. The van der Waals surface area contributed by atoms with Crippen LogP contribution in [0.15, 0.2) is 18.3 Å². The number of hydrogen-bond donors (Lipinski definition) is 1. The predicted octanol–water partition coefficient (Wildman–Crippen LogP) is 2.09. The van der Waals surface area contributed by atoms with Crippen molar-refractivity contribution in [2.45, 2.75) is 25.1 Å². The zero-order valence-corrected chi connectivity index (χ0v) is 11.8. The first-order valence-electron chi connectivity index (χ1n) is 6.20. The highest BCUT2D eigenvalue weighted by atomic mass is 32.2. The zero-order chi connectivity index (χ0) is 13.1. The fraction of sp³-hybridized carbons (Fsp3) is 0.538. The maximum atomic E-state index is 12.5. The first-order chi connectivity index (χ1) is 8.63. The number of hydrogen-bond acceptors (Lipinski definition) is 4. The van der Waals surface area contributed by atoms with E-state index in [0.29, 0.717) is 10.9 Å². The summed E-state index contributed by atoms with van der Waals surface area (Å²) in [5.74, 6) is 1.04. The fourth-order valence-electron chi connectivity index (χ4n) is 2.07. The van der Waals surface area contributed by atoms with Crippen molar-refractivity contribution >= 4 is 23.4 Å². The number of thioether (sulfide) groups is 1. The second-order valence-corrected chi connectivity index (χ2v) is 5.98. The predicted molar refractivity (Wildman–Crippen MR) is 76.2 cm³/mol. The number of rotatable bonds is 2. The summed E-state index contributed by atoms with van der Waals surface area (Å²) in [6, 6.07) is 3.92. The van der Waals surface area contributed by atoms with E-state index in [9.17, 15) is 4.79 Å². The fourth-order valence-corrected chi connectivity index (χ4v) is 3.17. The molecule has 0 bridgehead atoms. The monoisotopic (exact) mass is 265 g/mol. The number of aromatic nitrogens is 1. The normalized spacial score (nSPS) is 23.8. The van der Waals surface area contributed by atoms with Crippen molar-refractivity contribution in [2.24, 2.45) is 0 Å². The molecule has 0 radical (unpaired) electrons. The lowest BCUT2D eigenvalue weighted by atomic mass is 10.2. The molecule has 2 atom stereocenters. The lowest BCUT2D eigenvalue weighted by molar-refractivity contribution is 0.0692. The molecule has 2 heterocycles. The van der Waals surface area contributed by atoms with Crippen LogP contribution in [0.3, 0.4) is 0 Å². The van der Waals surface area contributed by atoms with Crippen LogP contribution in [0, 0.1) is 0 Å². The molecule has 1 aliphatic rings. The van der Waals surface area contributed by atoms with Gasteiger partial charge in [-0.05, 0) is 19.1 Å². The topological polar surface area (TPSA) is 45.2 Å². The van der Waals surface area contributed by atoms with Gasteiger partial charge < -0.3 is 10.2 Å². The van der Waals surface area contributed by atoms with Gasteiger partial charge in [0.15, 0.2) is 0 Å². The van der Waals surface area contributed by atoms with Crippen molar-refractivity contribution in [3.8, 4) is 0 Å². The third kappa shape index (κ3) is 2.61. The number of amides is 1. The summed E-state index contributed by atoms with van der Waals surface area (Å²) in [6.07, 6.45) is 1.67. The average Bonchev–Trinajstić information content (AvgIpc) is 2.41. The molecule has 0 spiro atoms. The van der Waals surface area contributed by atoms with E-state index in [2.05, 4.69) is 24.1 Å². The number of nitrogens with one attached hydrogen (secondary N) is 1. The van der Waals surface area contributed by atoms with E-state index in [1.54, 1.807) is 6.20 Å². The van der Waals surface area contributed by atoms with Crippen LogP contribution in [0.4, 0.5) is 5.69 Å². The Bertz CT molecular complexity index is 438. The highest BCUT2D eigenvalue weighted by molar-refractivity contribution is 8.00. The summed E-state index contributed by atoms with van der Waals surface area (Å²) in [4.78, 5) is 18.6. The van der Waals surface area contributed by atoms with Crippen LogP contribution in [0.1, 0.15) is 24.3 Å². The molecule has 2 rings (SSSR count). The summed E-state index contributed by atoms with van der Waals surface area (Å²) < 4.78 is 0. The van der Waals surface area contributed by atoms with Gasteiger partial charge in [0.25, 0.3) is 5.91 Å². The van der Waals surface area contributed by atoms with Gasteiger partial charge in [-0.15, -0.1) is 0 Å². The number of anilines is 1. The van der Waals surface area contributed by atoms with E-state index in [0.717, 1.165) is 18.0 Å². The number of nitrogens with zero attached hydrogens (tertiary/aromatic N) is 2. The van der Waals surface area contributed by atoms with Gasteiger partial charge >= 0.3 is 0 Å². The SMILES string of the molecule is CNc1ccnc(C(=O)N2CCSC(C)C2C)c1. The maximum Gasteiger partial charge on any atom is 0.272 e. The van der Waals surface area contributed by atoms with E-state index in [4.69, 9.17) is 0 Å². The Labute approximate surface area is 112 Å². The largest absolute Gasteiger partial charge is 0.388 e. The van der Waals surface area contributed by atoms with E-state index < -0.39 is 0 Å². The molecule has 1 aliphatic heterocycles. The van der Waals surface area contributed by atoms with Gasteiger partial charge in [-0.1, -0.05) is 6.92 Å². The summed E-state index contributed by atoms with van der Waals surface area (Å²) in [6.45, 7) is 5.09. The van der Waals surface area contributed by atoms with Gasteiger partial charge in [0, 0.05) is 42.5 Å². The van der Waals surface area contributed by atoms with Gasteiger partial charge in [-0.25, -0.2) is 0 Å². The van der Waals surface area contributed by atoms with Crippen molar-refractivity contribution in [1.29, 1.82) is 0 Å². The molecule has 5 heteroatoms. The van der Waals surface area contributed by atoms with Gasteiger partial charge in [-0.3, -0.25) is 9.78 Å². The van der Waals surface area contributed by atoms with Crippen molar-refractivity contribution in [2.75, 3.05) is 24.7 Å². The molecule has 1 N–H and O–H groups in total. The van der Waals surface area contributed by atoms with E-state index in [-0.39, 0.29) is 11.9 Å². The van der Waals surface area contributed by atoms with Crippen LogP contribution >= 0.6 is 11.8 Å². The third-order valence-electron chi connectivity index (χ3n) is 3.41. The lowest BCUT2D eigenvalue weighted by Gasteiger charge is -2.37. The van der Waals surface area contributed by atoms with Crippen LogP contribution in [0.5, 0.6) is 0 Å². The first-order valence-corrected chi connectivity index (χ1v) is 7.24. The number of carbonyl (C=O) groups is 1. The zero-order valence-electron chi connectivity index (χ0n) is 11.0. The molecule has 0 aromatic carbocycles. The summed E-state index contributed by atoms with van der Waals surface area (Å²) in [7, 11) is 1.84. The Hall–Kier alpha value is -1.23. The second-order valence-electron chi connectivity index (χ2n) is 4.49. The van der Waals surface area contributed by atoms with Crippen molar-refractivity contribution in [3.05, 3.63) is 24.0 Å². The van der Waals surface area contributed by atoms with Gasteiger partial charge in [0.1, 0.15) is 5.69 Å². The molecule has 1 aromatic rings. The summed E-state index contributed by atoms with van der Waals surface area (Å²) in [5, 5.41) is 3.51. The lowest BCUT2D eigenvalue weighted by Crippen LogP contribution is -2.48. The Morgan fingerprint density at radius 2 is 2.33 bits per heavy atom. The van der Waals surface area contributed by atoms with Gasteiger partial charge in [0.2, 0.25) is 0 Å². The molecule has 1 saturated heterocycles. The molecular weight excluding hydrogens is 246 g/mol. The Morgan fingerprint density at radius 1 is 1.56 bits per heavy atom. The standard InChI is InChI=1S/C13H19N3OS/c1-9-10(2)18-7-6-16(9)13(17)12-8-11(14-3)4-5-15-12/h4-5,8-10H,6-7H2,1-3H3,(H,14,15). The van der Waals surface area contributed by atoms with Crippen molar-refractivity contribution < 1.29 is 4.79 Å². The molecule has 1 aromatic heterocycles. The molecule has 18 heavy (non-hydrogen) atoms. The van der Waals surface area contributed by atoms with Crippen LogP contribution < -0.4 is 5.32 Å². The van der Waals surface area contributed by atoms with E-state index in [1.165, 1.54) is 0 Å². The molecule has 4 nitrogen and oxygen atoms in total. The number of pyridine rings is 1. The van der Waals surface area contributed by atoms with E-state index in [1.807, 2.05) is 35.8 Å². The van der Waals surface area contributed by atoms with Crippen LogP contribution in [-0.2, 0) is 0 Å². The average molecular weight is 265 g/mol. The molecular formula is C13H19N3OS. The maximum absolute atomic E-state index is 12.5. The molecule has 0 saturated carbocycles. The van der Waals surface area contributed by atoms with Crippen LogP contribution in [0.25, 0.3) is 0 Å². The van der Waals surface area contributed by atoms with Crippen LogP contribution in [-0.4, -0.2) is 46.4 Å². The van der Waals surface area contributed by atoms with Crippen molar-refractivity contribution in [3.63, 3.8) is 0 Å². The molecule has 98 valence electrons. The molecule has 2 unspecified atom stereocenters. The number of carbonyl (C=O) groups excluding carboxylic acids is 1. The minimum atomic E-state index is 0.0340. The van der Waals surface area contributed by atoms with E-state index >= 15 is 0 Å². The minimum Gasteiger partial charge on any atom is -0.388 e. The summed E-state index contributed by atoms with van der Waals surface area (Å²) >= 11 is 1.92. The smallest absolute Gasteiger partial charge is 0.272 e. The highest BCUT2D eigenvalue weighted by Gasteiger charge is 2.30. The quantitative estimate of drug-likeness (QED) is 0.889. The Morgan fingerprint density at radius 3 is 3.06 bits per heavy atom. The van der Waals surface area contributed by atoms with Gasteiger partial charge in [0.05, 0.1) is 0 Å². The highest BCUT2D eigenvalue weighted by Crippen LogP contribution is 2.25. The minimum absolute atomic E-state index is 0.0340. The summed E-state index contributed by atoms with van der Waals surface area (Å²) in [5.41, 5.74) is 1.44. The Kier molecular flexibility index (Phi) is 4.11. The van der Waals surface area contributed by atoms with Crippen molar-refractivity contribution in [1.82, 2.24) is 9.88 Å². The Balaban J connectivity index is 2.19. The second kappa shape index (κ2) is 5.61. The van der Waals surface area contributed by atoms with Crippen LogP contribution in [0.2, 0.25) is 0 Å². The van der Waals surface area contributed by atoms with Gasteiger partial charge in [-0.2, -0.15) is 11.8 Å². The first kappa shape index (κ1) is 13.2. The molecule has 0 aliphatic carbocycles. The third-order valence-corrected chi connectivity index (χ3v) is 4.75. The molecule has 1 fully saturated rings.